The van der Waals surface area contributed by atoms with E-state index in [0.29, 0.717) is 4.90 Å². The molecule has 164 valence electrons. The molecule has 0 heterocycles. The molecule has 2 rings (SSSR count). The molecular weight excluding hydrogens is 500 g/mol. The second-order valence-corrected chi connectivity index (χ2v) is 10.2. The minimum absolute atomic E-state index is 0.00370. The molecule has 30 heavy (non-hydrogen) atoms. The van der Waals surface area contributed by atoms with Crippen LogP contribution in [0.2, 0.25) is 0 Å². The summed E-state index contributed by atoms with van der Waals surface area (Å²) < 4.78 is 45.4. The lowest BCUT2D eigenvalue weighted by molar-refractivity contribution is -0.387. The molecule has 1 N–H and O–H groups in total. The summed E-state index contributed by atoms with van der Waals surface area (Å²) in [7, 11) is -4.85. The largest absolute Gasteiger partial charge is 0.391 e. The van der Waals surface area contributed by atoms with Crippen LogP contribution >= 0.6 is 15.9 Å². The molecule has 0 radical (unpaired) electrons. The number of halogens is 1. The van der Waals surface area contributed by atoms with E-state index in [2.05, 4.69) is 15.9 Å². The van der Waals surface area contributed by atoms with Crippen LogP contribution in [-0.2, 0) is 25.6 Å². The van der Waals surface area contributed by atoms with Gasteiger partial charge in [-0.1, -0.05) is 46.3 Å². The number of nitrogens with zero attached hydrogens (tertiary/aromatic N) is 2. The predicted molar refractivity (Wildman–Crippen MR) is 115 cm³/mol. The Hall–Kier alpha value is -1.70. The number of alkyl halides is 1. The quantitative estimate of drug-likeness (QED) is 0.208. The van der Waals surface area contributed by atoms with Crippen molar-refractivity contribution in [2.75, 3.05) is 24.9 Å². The topological polar surface area (TPSA) is 127 Å². The fraction of sp³-hybridized carbons (Fsp3) is 0.333. The van der Waals surface area contributed by atoms with Gasteiger partial charge in [-0.2, -0.15) is 4.31 Å². The number of rotatable bonds is 11. The lowest BCUT2D eigenvalue weighted by atomic mass is 10.2. The first-order valence-corrected chi connectivity index (χ1v) is 12.5. The number of nitro benzene ring substituents is 1. The zero-order valence-electron chi connectivity index (χ0n) is 16.0. The van der Waals surface area contributed by atoms with Gasteiger partial charge >= 0.3 is 0 Å². The Morgan fingerprint density at radius 3 is 2.37 bits per heavy atom. The van der Waals surface area contributed by atoms with Gasteiger partial charge in [0.1, 0.15) is 6.73 Å². The Bertz CT molecular complexity index is 989. The number of benzene rings is 2. The third-order valence-corrected chi connectivity index (χ3v) is 8.21. The molecule has 9 nitrogen and oxygen atoms in total. The molecule has 0 aliphatic carbocycles. The van der Waals surface area contributed by atoms with Crippen molar-refractivity contribution in [3.63, 3.8) is 0 Å². The first-order valence-electron chi connectivity index (χ1n) is 8.65. The molecule has 0 unspecified atom stereocenters. The summed E-state index contributed by atoms with van der Waals surface area (Å²) in [5.74, 6) is -0.236. The summed E-state index contributed by atoms with van der Waals surface area (Å²) in [4.78, 5) is 10.5. The Labute approximate surface area is 185 Å². The van der Waals surface area contributed by atoms with Gasteiger partial charge in [0.2, 0.25) is 0 Å². The highest BCUT2D eigenvalue weighted by Crippen LogP contribution is 2.29. The zero-order chi connectivity index (χ0) is 22.3. The van der Waals surface area contributed by atoms with Gasteiger partial charge in [0.15, 0.2) is 4.90 Å². The van der Waals surface area contributed by atoms with Crippen LogP contribution in [0.3, 0.4) is 0 Å². The molecule has 2 aromatic carbocycles. The maximum Gasteiger partial charge on any atom is 0.289 e. The molecule has 0 saturated heterocycles. The minimum Gasteiger partial charge on any atom is -0.391 e. The molecular formula is C18H21BrN2O7S2. The Morgan fingerprint density at radius 2 is 1.80 bits per heavy atom. The number of hydrogen-bond donors (Lipinski definition) is 1. The van der Waals surface area contributed by atoms with Gasteiger partial charge in [-0.25, -0.2) is 8.42 Å². The molecule has 2 aromatic rings. The minimum atomic E-state index is -4.47. The van der Waals surface area contributed by atoms with Crippen molar-refractivity contribution in [2.45, 2.75) is 21.9 Å². The fourth-order valence-electron chi connectivity index (χ4n) is 2.74. The SMILES string of the molecule is COCN([C@@H](C[S@@](=O)c1ccccc1)[C@@H](O)CBr)S(=O)(=O)c1ccccc1[N+](=O)[O-]. The summed E-state index contributed by atoms with van der Waals surface area (Å²) >= 11 is 3.12. The monoisotopic (exact) mass is 520 g/mol. The van der Waals surface area contributed by atoms with E-state index in [1.54, 1.807) is 30.3 Å². The van der Waals surface area contributed by atoms with Crippen LogP contribution in [0.25, 0.3) is 0 Å². The van der Waals surface area contributed by atoms with Crippen LogP contribution in [0.4, 0.5) is 5.69 Å². The summed E-state index contributed by atoms with van der Waals surface area (Å²) in [6.45, 7) is -0.491. The van der Waals surface area contributed by atoms with E-state index in [0.717, 1.165) is 16.4 Å². The molecule has 0 aliphatic rings. The normalized spacial score (nSPS) is 14.9. The molecule has 0 spiro atoms. The highest BCUT2D eigenvalue weighted by molar-refractivity contribution is 9.09. The Morgan fingerprint density at radius 1 is 1.20 bits per heavy atom. The van der Waals surface area contributed by atoms with Gasteiger partial charge in [0.25, 0.3) is 15.7 Å². The molecule has 3 atom stereocenters. The van der Waals surface area contributed by atoms with E-state index < -0.39 is 55.2 Å². The summed E-state index contributed by atoms with van der Waals surface area (Å²) in [6, 6.07) is 12.1. The number of para-hydroxylation sites is 1. The molecule has 0 fully saturated rings. The van der Waals surface area contributed by atoms with Crippen molar-refractivity contribution in [3.8, 4) is 0 Å². The van der Waals surface area contributed by atoms with E-state index in [1.807, 2.05) is 0 Å². The maximum absolute atomic E-state index is 13.3. The van der Waals surface area contributed by atoms with E-state index >= 15 is 0 Å². The molecule has 0 amide bonds. The number of aliphatic hydroxyl groups excluding tert-OH is 1. The van der Waals surface area contributed by atoms with Gasteiger partial charge in [0, 0.05) is 29.2 Å². The number of hydrogen-bond acceptors (Lipinski definition) is 7. The predicted octanol–water partition coefficient (Wildman–Crippen LogP) is 2.12. The van der Waals surface area contributed by atoms with Gasteiger partial charge in [-0.15, -0.1) is 0 Å². The molecule has 0 aromatic heterocycles. The van der Waals surface area contributed by atoms with E-state index in [4.69, 9.17) is 4.74 Å². The molecule has 0 bridgehead atoms. The van der Waals surface area contributed by atoms with Crippen molar-refractivity contribution in [1.82, 2.24) is 4.31 Å². The fourth-order valence-corrected chi connectivity index (χ4v) is 6.35. The second-order valence-electron chi connectivity index (χ2n) is 6.15. The highest BCUT2D eigenvalue weighted by Gasteiger charge is 2.39. The first-order chi connectivity index (χ1) is 14.2. The van der Waals surface area contributed by atoms with E-state index in [9.17, 15) is 27.8 Å². The number of nitro groups is 1. The van der Waals surface area contributed by atoms with Crippen LogP contribution in [0.5, 0.6) is 0 Å². The summed E-state index contributed by atoms with van der Waals surface area (Å²) in [5.41, 5.74) is -0.602. The molecule has 12 heteroatoms. The van der Waals surface area contributed by atoms with Crippen LogP contribution in [0.15, 0.2) is 64.4 Å². The van der Waals surface area contributed by atoms with Crippen LogP contribution < -0.4 is 0 Å². The summed E-state index contributed by atoms with van der Waals surface area (Å²) in [5, 5.41) is 21.9. The number of aliphatic hydroxyl groups is 1. The lowest BCUT2D eigenvalue weighted by Crippen LogP contribution is -2.51. The number of sulfonamides is 1. The van der Waals surface area contributed by atoms with Crippen molar-refractivity contribution in [1.29, 1.82) is 0 Å². The van der Waals surface area contributed by atoms with Crippen molar-refractivity contribution in [3.05, 3.63) is 64.7 Å². The Balaban J connectivity index is 2.52. The van der Waals surface area contributed by atoms with Crippen LogP contribution in [0.1, 0.15) is 0 Å². The van der Waals surface area contributed by atoms with Crippen LogP contribution in [0, 0.1) is 10.1 Å². The first kappa shape index (κ1) is 24.6. The van der Waals surface area contributed by atoms with Gasteiger partial charge in [-0.05, 0) is 18.2 Å². The highest BCUT2D eigenvalue weighted by atomic mass is 79.9. The number of methoxy groups -OCH3 is 1. The number of ether oxygens (including phenoxy) is 1. The van der Waals surface area contributed by atoms with Crippen molar-refractivity contribution in [2.24, 2.45) is 0 Å². The van der Waals surface area contributed by atoms with Gasteiger partial charge < -0.3 is 9.84 Å². The molecule has 0 saturated carbocycles. The van der Waals surface area contributed by atoms with Crippen molar-refractivity contribution >= 4 is 42.4 Å². The maximum atomic E-state index is 13.3. The standard InChI is InChI=1S/C18H21BrN2O7S2/c1-28-13-20(30(26,27)18-10-6-5-9-15(18)21(23)24)16(17(22)11-19)12-29(25)14-7-3-2-4-8-14/h2-10,16-17,22H,11-13H2,1H3/t16-,17-,29+/m0/s1. The van der Waals surface area contributed by atoms with E-state index in [-0.39, 0.29) is 11.1 Å². The smallest absolute Gasteiger partial charge is 0.289 e. The van der Waals surface area contributed by atoms with Gasteiger partial charge in [-0.3, -0.25) is 14.3 Å². The Kier molecular flexibility index (Phi) is 9.07. The zero-order valence-corrected chi connectivity index (χ0v) is 19.2. The molecule has 0 aliphatic heterocycles. The van der Waals surface area contributed by atoms with E-state index in [1.165, 1.54) is 19.2 Å². The summed E-state index contributed by atoms with van der Waals surface area (Å²) in [6.07, 6.45) is -1.25. The average molecular weight is 521 g/mol. The second kappa shape index (κ2) is 11.1. The van der Waals surface area contributed by atoms with Gasteiger partial charge in [0.05, 0.1) is 27.9 Å². The van der Waals surface area contributed by atoms with Crippen LogP contribution in [-0.4, -0.2) is 64.0 Å². The third-order valence-electron chi connectivity index (χ3n) is 4.21. The third kappa shape index (κ3) is 5.71. The average Bonchev–Trinajstić information content (AvgIpc) is 2.75. The lowest BCUT2D eigenvalue weighted by Gasteiger charge is -2.32. The van der Waals surface area contributed by atoms with Crippen molar-refractivity contribution < 1.29 is 27.4 Å².